The minimum atomic E-state index is -5.08. The molecule has 2 aliphatic rings. The first-order valence-electron chi connectivity index (χ1n) is 10.1. The molecule has 0 spiro atoms. The van der Waals surface area contributed by atoms with E-state index >= 15 is 0 Å². The van der Waals surface area contributed by atoms with Crippen LogP contribution in [0.3, 0.4) is 0 Å². The fourth-order valence-electron chi connectivity index (χ4n) is 3.76. The van der Waals surface area contributed by atoms with Crippen LogP contribution in [0.5, 0.6) is 11.5 Å². The van der Waals surface area contributed by atoms with Crippen LogP contribution in [0.4, 0.5) is 19.0 Å². The second kappa shape index (κ2) is 9.40. The zero-order chi connectivity index (χ0) is 24.3. The molecular weight excluding hydrogens is 453 g/mol. The maximum atomic E-state index is 12.7. The molecule has 8 nitrogen and oxygen atoms in total. The number of aliphatic carboxylic acids is 1. The Morgan fingerprint density at radius 3 is 2.47 bits per heavy atom. The topological polar surface area (TPSA) is 116 Å². The number of carboxylic acids is 1. The first kappa shape index (κ1) is 23.1. The van der Waals surface area contributed by atoms with Crippen LogP contribution in [0.25, 0.3) is 0 Å². The number of benzene rings is 2. The van der Waals surface area contributed by atoms with Crippen molar-refractivity contribution in [2.75, 3.05) is 18.4 Å². The Bertz CT molecular complexity index is 1240. The van der Waals surface area contributed by atoms with Crippen LogP contribution in [0.15, 0.2) is 72.1 Å². The standard InChI is InChI=1S/C21H18N4O2.C2HF3O2/c26-18-12-22-11-17-20(18)19(16-10-23-25-21(16)24-17)13-5-4-8-15(9-13)27-14-6-2-1-3-7-14;3-2(4,5)1(6)7/h1-10,19,22H,11-12H2,(H2,23,24,25);(H,6,7). The number of hydrogen-bond acceptors (Lipinski definition) is 6. The molecule has 3 heterocycles. The molecule has 0 amide bonds. The number of ether oxygens (including phenoxy) is 1. The lowest BCUT2D eigenvalue weighted by Gasteiger charge is -2.32. The molecule has 0 bridgehead atoms. The van der Waals surface area contributed by atoms with Gasteiger partial charge in [-0.1, -0.05) is 30.3 Å². The summed E-state index contributed by atoms with van der Waals surface area (Å²) >= 11 is 0. The molecule has 2 aromatic carbocycles. The number of fused-ring (bicyclic) bond motifs is 1. The smallest absolute Gasteiger partial charge is 0.475 e. The van der Waals surface area contributed by atoms with Crippen LogP contribution in [0.2, 0.25) is 0 Å². The summed E-state index contributed by atoms with van der Waals surface area (Å²) < 4.78 is 37.7. The number of para-hydroxylation sites is 1. The normalized spacial score (nSPS) is 17.0. The Balaban J connectivity index is 0.000000344. The highest BCUT2D eigenvalue weighted by molar-refractivity contribution is 6.02. The van der Waals surface area contributed by atoms with Crippen molar-refractivity contribution in [3.05, 3.63) is 83.2 Å². The van der Waals surface area contributed by atoms with Crippen LogP contribution in [-0.2, 0) is 9.59 Å². The van der Waals surface area contributed by atoms with Crippen LogP contribution in [-0.4, -0.2) is 46.3 Å². The van der Waals surface area contributed by atoms with E-state index in [1.54, 1.807) is 6.20 Å². The number of aromatic nitrogens is 2. The van der Waals surface area contributed by atoms with Gasteiger partial charge in [0.25, 0.3) is 0 Å². The number of hydrogen-bond donors (Lipinski definition) is 4. The molecule has 5 rings (SSSR count). The third-order valence-electron chi connectivity index (χ3n) is 5.17. The predicted molar refractivity (Wildman–Crippen MR) is 116 cm³/mol. The number of anilines is 1. The minimum Gasteiger partial charge on any atom is -0.475 e. The summed E-state index contributed by atoms with van der Waals surface area (Å²) in [5, 5.41) is 20.7. The summed E-state index contributed by atoms with van der Waals surface area (Å²) in [5.41, 5.74) is 3.69. The van der Waals surface area contributed by atoms with Gasteiger partial charge in [-0.05, 0) is 29.8 Å². The van der Waals surface area contributed by atoms with Gasteiger partial charge >= 0.3 is 12.1 Å². The first-order chi connectivity index (χ1) is 16.2. The van der Waals surface area contributed by atoms with Crippen molar-refractivity contribution in [1.29, 1.82) is 0 Å². The van der Waals surface area contributed by atoms with Gasteiger partial charge in [0.2, 0.25) is 0 Å². The number of ketones is 1. The average Bonchev–Trinajstić information content (AvgIpc) is 3.27. The monoisotopic (exact) mass is 472 g/mol. The number of rotatable bonds is 3. The van der Waals surface area contributed by atoms with Gasteiger partial charge in [-0.2, -0.15) is 18.3 Å². The number of aromatic amines is 1. The van der Waals surface area contributed by atoms with Crippen LogP contribution >= 0.6 is 0 Å². The van der Waals surface area contributed by atoms with Crippen molar-refractivity contribution >= 4 is 17.6 Å². The van der Waals surface area contributed by atoms with E-state index in [-0.39, 0.29) is 11.7 Å². The van der Waals surface area contributed by atoms with E-state index in [0.29, 0.717) is 13.1 Å². The highest BCUT2D eigenvalue weighted by atomic mass is 19.4. The molecule has 0 fully saturated rings. The number of Topliss-reactive ketones (excluding diaryl/α,β-unsaturated/α-hetero) is 1. The van der Waals surface area contributed by atoms with Gasteiger partial charge in [-0.25, -0.2) is 4.79 Å². The van der Waals surface area contributed by atoms with Crippen LogP contribution in [0, 0.1) is 0 Å². The van der Waals surface area contributed by atoms with E-state index in [4.69, 9.17) is 14.6 Å². The number of carbonyl (C=O) groups is 2. The second-order valence-corrected chi connectivity index (χ2v) is 7.47. The number of carbonyl (C=O) groups excluding carboxylic acids is 1. The van der Waals surface area contributed by atoms with E-state index in [0.717, 1.165) is 39.7 Å². The Hall–Kier alpha value is -4.12. The summed E-state index contributed by atoms with van der Waals surface area (Å²) in [6.07, 6.45) is -3.29. The Morgan fingerprint density at radius 2 is 1.76 bits per heavy atom. The largest absolute Gasteiger partial charge is 0.490 e. The van der Waals surface area contributed by atoms with Gasteiger partial charge in [0, 0.05) is 29.3 Å². The van der Waals surface area contributed by atoms with E-state index in [1.807, 2.05) is 54.6 Å². The number of alkyl halides is 3. The highest BCUT2D eigenvalue weighted by Crippen LogP contribution is 2.42. The molecule has 1 aromatic heterocycles. The van der Waals surface area contributed by atoms with Crippen molar-refractivity contribution in [2.24, 2.45) is 0 Å². The minimum absolute atomic E-state index is 0.106. The average molecular weight is 472 g/mol. The lowest BCUT2D eigenvalue weighted by atomic mass is 9.79. The molecular formula is C23H19F3N4O4. The lowest BCUT2D eigenvalue weighted by Crippen LogP contribution is -2.39. The molecule has 176 valence electrons. The highest BCUT2D eigenvalue weighted by Gasteiger charge is 2.38. The molecule has 4 N–H and O–H groups in total. The van der Waals surface area contributed by atoms with E-state index in [1.165, 1.54) is 0 Å². The third-order valence-corrected chi connectivity index (χ3v) is 5.17. The molecule has 11 heteroatoms. The third kappa shape index (κ3) is 4.94. The van der Waals surface area contributed by atoms with Crippen LogP contribution in [0.1, 0.15) is 17.0 Å². The molecule has 34 heavy (non-hydrogen) atoms. The van der Waals surface area contributed by atoms with Crippen molar-refractivity contribution in [1.82, 2.24) is 15.5 Å². The number of carboxylic acid groups (broad SMARTS) is 1. The van der Waals surface area contributed by atoms with Crippen molar-refractivity contribution in [3.8, 4) is 11.5 Å². The zero-order valence-corrected chi connectivity index (χ0v) is 17.5. The second-order valence-electron chi connectivity index (χ2n) is 7.47. The van der Waals surface area contributed by atoms with Gasteiger partial charge in [0.1, 0.15) is 17.3 Å². The molecule has 0 saturated heterocycles. The molecule has 1 unspecified atom stereocenters. The van der Waals surface area contributed by atoms with Gasteiger partial charge in [-0.15, -0.1) is 0 Å². The number of H-pyrrole nitrogens is 1. The number of halogens is 3. The quantitative estimate of drug-likeness (QED) is 0.458. The van der Waals surface area contributed by atoms with E-state index in [2.05, 4.69) is 20.8 Å². The summed E-state index contributed by atoms with van der Waals surface area (Å²) in [6.45, 7) is 0.987. The summed E-state index contributed by atoms with van der Waals surface area (Å²) in [5.74, 6) is -0.455. The number of nitrogens with one attached hydrogen (secondary N) is 3. The Morgan fingerprint density at radius 1 is 1.06 bits per heavy atom. The Kier molecular flexibility index (Phi) is 6.37. The van der Waals surface area contributed by atoms with Crippen LogP contribution < -0.4 is 15.4 Å². The molecule has 1 atom stereocenters. The molecule has 3 aromatic rings. The van der Waals surface area contributed by atoms with E-state index in [9.17, 15) is 18.0 Å². The van der Waals surface area contributed by atoms with Gasteiger partial charge in [0.05, 0.1) is 12.7 Å². The maximum Gasteiger partial charge on any atom is 0.490 e. The Labute approximate surface area is 191 Å². The fraction of sp³-hybridized carbons (Fsp3) is 0.174. The fourth-order valence-corrected chi connectivity index (χ4v) is 3.76. The van der Waals surface area contributed by atoms with Gasteiger partial charge in [-0.3, -0.25) is 9.89 Å². The lowest BCUT2D eigenvalue weighted by molar-refractivity contribution is -0.192. The molecule has 0 radical (unpaired) electrons. The summed E-state index contributed by atoms with van der Waals surface area (Å²) in [6, 6.07) is 17.6. The molecule has 0 saturated carbocycles. The SMILES string of the molecule is O=C(O)C(F)(F)F.O=C1CNCC2=C1C(c1cccc(Oc3ccccc3)c1)c1cn[nH]c1N2. The molecule has 2 aliphatic heterocycles. The maximum absolute atomic E-state index is 12.7. The van der Waals surface area contributed by atoms with Crippen molar-refractivity contribution in [2.45, 2.75) is 12.1 Å². The summed E-state index contributed by atoms with van der Waals surface area (Å²) in [4.78, 5) is 21.6. The van der Waals surface area contributed by atoms with E-state index < -0.39 is 12.1 Å². The number of nitrogens with zero attached hydrogens (tertiary/aromatic N) is 1. The predicted octanol–water partition coefficient (Wildman–Crippen LogP) is 3.82. The molecule has 0 aliphatic carbocycles. The van der Waals surface area contributed by atoms with Gasteiger partial charge < -0.3 is 20.5 Å². The van der Waals surface area contributed by atoms with Gasteiger partial charge in [0.15, 0.2) is 5.78 Å². The summed E-state index contributed by atoms with van der Waals surface area (Å²) in [7, 11) is 0. The first-order valence-corrected chi connectivity index (χ1v) is 10.1. The van der Waals surface area contributed by atoms with Crippen molar-refractivity contribution < 1.29 is 32.6 Å². The zero-order valence-electron chi connectivity index (χ0n) is 17.5. The van der Waals surface area contributed by atoms with Crippen molar-refractivity contribution in [3.63, 3.8) is 0 Å².